The Morgan fingerprint density at radius 2 is 0.833 bits per heavy atom. The molecule has 3 rings (SSSR count). The molecule has 0 atom stereocenters. The fraction of sp³-hybridized carbons (Fsp3) is 0. The van der Waals surface area contributed by atoms with E-state index in [2.05, 4.69) is 0 Å². The zero-order valence-electron chi connectivity index (χ0n) is 11.0. The van der Waals surface area contributed by atoms with E-state index in [4.69, 9.17) is 1.37 Å². The smallest absolute Gasteiger partial charge is 0.0622 e. The van der Waals surface area contributed by atoms with Crippen LogP contribution in [0.15, 0.2) is 84.9 Å². The third-order valence-electron chi connectivity index (χ3n) is 2.96. The maximum absolute atomic E-state index is 8.42. The molecule has 0 nitrogen and oxygen atoms in total. The van der Waals surface area contributed by atoms with Crippen LogP contribution in [0.3, 0.4) is 0 Å². The van der Waals surface area contributed by atoms with E-state index in [1.165, 1.54) is 0 Å². The molecule has 0 saturated carbocycles. The van der Waals surface area contributed by atoms with Crippen LogP contribution >= 0.6 is 0 Å². The molecule has 0 fully saturated rings. The Labute approximate surface area is 109 Å². The average molecular weight is 231 g/mol. The zero-order chi connectivity index (χ0) is 13.1. The van der Waals surface area contributed by atoms with Gasteiger partial charge in [-0.3, -0.25) is 0 Å². The third kappa shape index (κ3) is 2.18. The van der Waals surface area contributed by atoms with Gasteiger partial charge in [0.05, 0.1) is 1.37 Å². The van der Waals surface area contributed by atoms with Crippen molar-refractivity contribution in [1.29, 1.82) is 0 Å². The lowest BCUT2D eigenvalue weighted by Gasteiger charge is -2.05. The summed E-state index contributed by atoms with van der Waals surface area (Å²) in [6.07, 6.45) is 0. The highest BCUT2D eigenvalue weighted by atomic mass is 14.0. The summed E-state index contributed by atoms with van der Waals surface area (Å²) in [5.41, 5.74) is 4.12. The minimum atomic E-state index is 0.583. The lowest BCUT2D eigenvalue weighted by molar-refractivity contribution is 1.59. The Balaban J connectivity index is 2.15. The Morgan fingerprint density at radius 3 is 1.28 bits per heavy atom. The van der Waals surface area contributed by atoms with Crippen molar-refractivity contribution >= 4 is 0 Å². The number of rotatable bonds is 2. The minimum Gasteiger partial charge on any atom is -0.0622 e. The van der Waals surface area contributed by atoms with Crippen molar-refractivity contribution < 1.29 is 1.37 Å². The van der Waals surface area contributed by atoms with Crippen LogP contribution in [0.25, 0.3) is 22.3 Å². The van der Waals surface area contributed by atoms with E-state index in [1.807, 2.05) is 78.9 Å². The van der Waals surface area contributed by atoms with Gasteiger partial charge >= 0.3 is 0 Å². The van der Waals surface area contributed by atoms with Crippen LogP contribution in [0.5, 0.6) is 0 Å². The molecule has 0 heterocycles. The van der Waals surface area contributed by atoms with Crippen LogP contribution in [0.4, 0.5) is 0 Å². The second-order valence-electron chi connectivity index (χ2n) is 4.21. The molecular formula is C18H14. The van der Waals surface area contributed by atoms with E-state index in [-0.39, 0.29) is 0 Å². The van der Waals surface area contributed by atoms with Crippen LogP contribution in [-0.2, 0) is 0 Å². The van der Waals surface area contributed by atoms with Crippen molar-refractivity contribution in [3.8, 4) is 22.3 Å². The molecule has 0 aliphatic rings. The van der Waals surface area contributed by atoms with E-state index < -0.39 is 0 Å². The largest absolute Gasteiger partial charge is 0.0636 e. The first-order valence-electron chi connectivity index (χ1n) is 6.57. The van der Waals surface area contributed by atoms with Crippen LogP contribution in [0.2, 0.25) is 0 Å². The van der Waals surface area contributed by atoms with Gasteiger partial charge in [-0.25, -0.2) is 0 Å². The Kier molecular flexibility index (Phi) is 2.62. The van der Waals surface area contributed by atoms with Gasteiger partial charge in [-0.1, -0.05) is 78.9 Å². The molecule has 0 aliphatic carbocycles. The summed E-state index contributed by atoms with van der Waals surface area (Å²) in [4.78, 5) is 0. The molecule has 0 aromatic heterocycles. The van der Waals surface area contributed by atoms with Crippen molar-refractivity contribution in [2.45, 2.75) is 0 Å². The second kappa shape index (κ2) is 4.89. The highest BCUT2D eigenvalue weighted by molar-refractivity contribution is 5.72. The van der Waals surface area contributed by atoms with E-state index >= 15 is 0 Å². The molecule has 18 heavy (non-hydrogen) atoms. The van der Waals surface area contributed by atoms with Crippen LogP contribution in [-0.4, -0.2) is 0 Å². The molecule has 0 N–H and O–H groups in total. The van der Waals surface area contributed by atoms with Gasteiger partial charge in [-0.15, -0.1) is 0 Å². The highest BCUT2D eigenvalue weighted by Crippen LogP contribution is 2.25. The second-order valence-corrected chi connectivity index (χ2v) is 4.21. The predicted octanol–water partition coefficient (Wildman–Crippen LogP) is 5.02. The van der Waals surface area contributed by atoms with Gasteiger partial charge in [-0.05, 0) is 28.3 Å². The molecule has 86 valence electrons. The molecular weight excluding hydrogens is 216 g/mol. The number of hydrogen-bond donors (Lipinski definition) is 0. The van der Waals surface area contributed by atoms with Gasteiger partial charge in [0.2, 0.25) is 0 Å². The first-order chi connectivity index (χ1) is 9.36. The SMILES string of the molecule is [2H]c1c(-c2ccccc2)cccc1-c1ccccc1. The summed E-state index contributed by atoms with van der Waals surface area (Å²) in [5, 5.41) is 0. The summed E-state index contributed by atoms with van der Waals surface area (Å²) in [6, 6.07) is 26.8. The first kappa shape index (κ1) is 9.67. The summed E-state index contributed by atoms with van der Waals surface area (Å²) in [6.45, 7) is 0. The first-order valence-corrected chi connectivity index (χ1v) is 6.07. The molecule has 0 radical (unpaired) electrons. The minimum absolute atomic E-state index is 0.583. The Hall–Kier alpha value is -2.34. The van der Waals surface area contributed by atoms with Crippen molar-refractivity contribution in [2.75, 3.05) is 0 Å². The molecule has 0 bridgehead atoms. The number of benzene rings is 3. The molecule has 3 aromatic carbocycles. The van der Waals surface area contributed by atoms with E-state index in [1.54, 1.807) is 0 Å². The monoisotopic (exact) mass is 231 g/mol. The maximum Gasteiger partial charge on any atom is 0.0636 e. The zero-order valence-corrected chi connectivity index (χ0v) is 10.0. The summed E-state index contributed by atoms with van der Waals surface area (Å²) in [5.74, 6) is 0. The van der Waals surface area contributed by atoms with Gasteiger partial charge in [-0.2, -0.15) is 0 Å². The molecule has 0 saturated heterocycles. The number of hydrogen-bond acceptors (Lipinski definition) is 0. The van der Waals surface area contributed by atoms with Gasteiger partial charge in [0.25, 0.3) is 0 Å². The van der Waals surface area contributed by atoms with Gasteiger partial charge in [0.15, 0.2) is 0 Å². The molecule has 3 aromatic rings. The molecule has 0 aliphatic heterocycles. The maximum atomic E-state index is 8.42. The average Bonchev–Trinajstić information content (AvgIpc) is 2.49. The van der Waals surface area contributed by atoms with Gasteiger partial charge < -0.3 is 0 Å². The van der Waals surface area contributed by atoms with E-state index in [0.29, 0.717) is 6.04 Å². The standard InChI is InChI=1S/C18H14/c1-3-8-15(9-4-1)17-12-7-13-18(14-17)16-10-5-2-6-11-16/h1-14H/i14D. The lowest BCUT2D eigenvalue weighted by atomic mass is 9.99. The Bertz CT molecular complexity index is 615. The van der Waals surface area contributed by atoms with E-state index in [0.717, 1.165) is 22.3 Å². The molecule has 0 spiro atoms. The quantitative estimate of drug-likeness (QED) is 0.581. The van der Waals surface area contributed by atoms with Crippen molar-refractivity contribution in [3.63, 3.8) is 0 Å². The summed E-state index contributed by atoms with van der Waals surface area (Å²) in [7, 11) is 0. The Morgan fingerprint density at radius 1 is 0.444 bits per heavy atom. The van der Waals surface area contributed by atoms with Crippen molar-refractivity contribution in [1.82, 2.24) is 0 Å². The summed E-state index contributed by atoms with van der Waals surface area (Å²) < 4.78 is 8.42. The molecule has 0 unspecified atom stereocenters. The fourth-order valence-corrected chi connectivity index (χ4v) is 2.04. The molecule has 0 amide bonds. The lowest BCUT2D eigenvalue weighted by Crippen LogP contribution is -1.80. The fourth-order valence-electron chi connectivity index (χ4n) is 2.04. The predicted molar refractivity (Wildman–Crippen MR) is 77.3 cm³/mol. The van der Waals surface area contributed by atoms with Gasteiger partial charge in [0.1, 0.15) is 0 Å². The van der Waals surface area contributed by atoms with Crippen LogP contribution in [0.1, 0.15) is 1.37 Å². The van der Waals surface area contributed by atoms with Crippen molar-refractivity contribution in [2.24, 2.45) is 0 Å². The topological polar surface area (TPSA) is 0 Å². The molecule has 0 heteroatoms. The third-order valence-corrected chi connectivity index (χ3v) is 2.96. The van der Waals surface area contributed by atoms with Crippen molar-refractivity contribution in [3.05, 3.63) is 84.9 Å². The summed E-state index contributed by atoms with van der Waals surface area (Å²) >= 11 is 0. The highest BCUT2D eigenvalue weighted by Gasteiger charge is 2.00. The van der Waals surface area contributed by atoms with Crippen LogP contribution < -0.4 is 0 Å². The normalized spacial score (nSPS) is 11.0. The van der Waals surface area contributed by atoms with Crippen LogP contribution in [0, 0.1) is 0 Å². The van der Waals surface area contributed by atoms with E-state index in [9.17, 15) is 0 Å². The van der Waals surface area contributed by atoms with Gasteiger partial charge in [0, 0.05) is 0 Å².